The quantitative estimate of drug-likeness (QED) is 0.723. The minimum Gasteiger partial charge on any atom is -0.497 e. The predicted octanol–water partition coefficient (Wildman–Crippen LogP) is 3.54. The smallest absolute Gasteiger partial charge is 0.315 e. The Hall–Kier alpha value is -2.53. The summed E-state index contributed by atoms with van der Waals surface area (Å²) in [7, 11) is 1.63. The molecular formula is C21H29N3O2. The molecule has 0 fully saturated rings. The Balaban J connectivity index is 1.87. The molecule has 0 saturated heterocycles. The molecule has 0 atom stereocenters. The topological polar surface area (TPSA) is 53.6 Å². The van der Waals surface area contributed by atoms with E-state index in [2.05, 4.69) is 41.5 Å². The molecule has 0 heterocycles. The third-order valence-electron chi connectivity index (χ3n) is 4.43. The molecule has 2 N–H and O–H groups in total. The molecule has 2 aromatic rings. The van der Waals surface area contributed by atoms with E-state index in [9.17, 15) is 4.79 Å². The largest absolute Gasteiger partial charge is 0.497 e. The minimum absolute atomic E-state index is 0.175. The van der Waals surface area contributed by atoms with E-state index >= 15 is 0 Å². The van der Waals surface area contributed by atoms with Crippen molar-refractivity contribution in [3.8, 4) is 5.75 Å². The van der Waals surface area contributed by atoms with Gasteiger partial charge in [0.2, 0.25) is 0 Å². The van der Waals surface area contributed by atoms with Crippen LogP contribution >= 0.6 is 0 Å². The van der Waals surface area contributed by atoms with Crippen LogP contribution in [0.4, 0.5) is 4.79 Å². The van der Waals surface area contributed by atoms with Crippen LogP contribution in [0.5, 0.6) is 5.75 Å². The van der Waals surface area contributed by atoms with Crippen molar-refractivity contribution in [2.24, 2.45) is 0 Å². The van der Waals surface area contributed by atoms with E-state index in [0.717, 1.165) is 36.5 Å². The summed E-state index contributed by atoms with van der Waals surface area (Å²) in [5.41, 5.74) is 3.40. The van der Waals surface area contributed by atoms with Crippen molar-refractivity contribution < 1.29 is 9.53 Å². The van der Waals surface area contributed by atoms with E-state index in [0.29, 0.717) is 13.1 Å². The van der Waals surface area contributed by atoms with Crippen molar-refractivity contribution in [1.82, 2.24) is 15.5 Å². The van der Waals surface area contributed by atoms with Gasteiger partial charge in [0.15, 0.2) is 0 Å². The zero-order valence-corrected chi connectivity index (χ0v) is 15.9. The molecule has 2 rings (SSSR count). The van der Waals surface area contributed by atoms with Crippen LogP contribution in [0, 0.1) is 0 Å². The van der Waals surface area contributed by atoms with Gasteiger partial charge in [0.25, 0.3) is 0 Å². The van der Waals surface area contributed by atoms with Crippen molar-refractivity contribution in [1.29, 1.82) is 0 Å². The summed E-state index contributed by atoms with van der Waals surface area (Å²) in [6.07, 6.45) is 0. The number of nitrogens with one attached hydrogen (secondary N) is 2. The number of ether oxygens (including phenoxy) is 1. The number of urea groups is 1. The molecule has 0 aliphatic heterocycles. The first kappa shape index (κ1) is 19.8. The summed E-state index contributed by atoms with van der Waals surface area (Å²) in [4.78, 5) is 14.5. The van der Waals surface area contributed by atoms with E-state index in [1.54, 1.807) is 7.11 Å². The SMILES string of the molecule is CCN(CC)Cc1ccccc1CNC(=O)NCc1cccc(OC)c1. The highest BCUT2D eigenvalue weighted by Gasteiger charge is 2.08. The van der Waals surface area contributed by atoms with Gasteiger partial charge in [-0.3, -0.25) is 4.90 Å². The van der Waals surface area contributed by atoms with Gasteiger partial charge in [0.05, 0.1) is 7.11 Å². The average molecular weight is 355 g/mol. The van der Waals surface area contributed by atoms with E-state index in [4.69, 9.17) is 4.74 Å². The van der Waals surface area contributed by atoms with Crippen LogP contribution in [0.3, 0.4) is 0 Å². The Morgan fingerprint density at radius 3 is 2.35 bits per heavy atom. The fraction of sp³-hybridized carbons (Fsp3) is 0.381. The van der Waals surface area contributed by atoms with Crippen LogP contribution in [-0.2, 0) is 19.6 Å². The molecule has 0 saturated carbocycles. The third kappa shape index (κ3) is 6.08. The van der Waals surface area contributed by atoms with Crippen LogP contribution in [0.2, 0.25) is 0 Å². The number of methoxy groups -OCH3 is 1. The van der Waals surface area contributed by atoms with Crippen LogP contribution in [-0.4, -0.2) is 31.1 Å². The molecule has 2 amide bonds. The van der Waals surface area contributed by atoms with Gasteiger partial charge in [-0.2, -0.15) is 0 Å². The van der Waals surface area contributed by atoms with Gasteiger partial charge in [-0.1, -0.05) is 50.2 Å². The molecule has 0 unspecified atom stereocenters. The van der Waals surface area contributed by atoms with Gasteiger partial charge in [-0.15, -0.1) is 0 Å². The summed E-state index contributed by atoms with van der Waals surface area (Å²) in [5, 5.41) is 5.83. The molecular weight excluding hydrogens is 326 g/mol. The molecule has 0 aliphatic carbocycles. The second-order valence-corrected chi connectivity index (χ2v) is 6.12. The van der Waals surface area contributed by atoms with Gasteiger partial charge in [-0.25, -0.2) is 4.79 Å². The lowest BCUT2D eigenvalue weighted by molar-refractivity contribution is 0.240. The Labute approximate surface area is 156 Å². The highest BCUT2D eigenvalue weighted by Crippen LogP contribution is 2.13. The van der Waals surface area contributed by atoms with E-state index in [1.165, 1.54) is 5.56 Å². The maximum absolute atomic E-state index is 12.1. The number of benzene rings is 2. The molecule has 5 nitrogen and oxygen atoms in total. The standard InChI is InChI=1S/C21H29N3O2/c1-4-24(5-2)16-19-11-7-6-10-18(19)15-23-21(25)22-14-17-9-8-12-20(13-17)26-3/h6-13H,4-5,14-16H2,1-3H3,(H2,22,23,25). The normalized spacial score (nSPS) is 10.6. The molecule has 0 radical (unpaired) electrons. The first-order valence-corrected chi connectivity index (χ1v) is 9.10. The Bertz CT molecular complexity index is 699. The van der Waals surface area contributed by atoms with E-state index in [1.807, 2.05) is 36.4 Å². The fourth-order valence-electron chi connectivity index (χ4n) is 2.78. The molecule has 26 heavy (non-hydrogen) atoms. The number of amides is 2. The van der Waals surface area contributed by atoms with E-state index in [-0.39, 0.29) is 6.03 Å². The average Bonchev–Trinajstić information content (AvgIpc) is 2.69. The summed E-state index contributed by atoms with van der Waals surface area (Å²) >= 11 is 0. The van der Waals surface area contributed by atoms with Crippen molar-refractivity contribution in [2.45, 2.75) is 33.5 Å². The predicted molar refractivity (Wildman–Crippen MR) is 105 cm³/mol. The summed E-state index contributed by atoms with van der Waals surface area (Å²) in [6.45, 7) is 8.23. The zero-order valence-electron chi connectivity index (χ0n) is 15.9. The monoisotopic (exact) mass is 355 g/mol. The molecule has 0 aliphatic rings. The summed E-state index contributed by atoms with van der Waals surface area (Å²) in [5.74, 6) is 0.787. The zero-order chi connectivity index (χ0) is 18.8. The van der Waals surface area contributed by atoms with Crippen LogP contribution in [0.1, 0.15) is 30.5 Å². The maximum Gasteiger partial charge on any atom is 0.315 e. The van der Waals surface area contributed by atoms with Gasteiger partial charge < -0.3 is 15.4 Å². The van der Waals surface area contributed by atoms with Crippen molar-refractivity contribution in [3.05, 3.63) is 65.2 Å². The second-order valence-electron chi connectivity index (χ2n) is 6.12. The first-order valence-electron chi connectivity index (χ1n) is 9.10. The lowest BCUT2D eigenvalue weighted by atomic mass is 10.1. The number of carbonyl (C=O) groups is 1. The van der Waals surface area contributed by atoms with Crippen molar-refractivity contribution >= 4 is 6.03 Å². The molecule has 5 heteroatoms. The van der Waals surface area contributed by atoms with Crippen LogP contribution < -0.4 is 15.4 Å². The Morgan fingerprint density at radius 2 is 1.65 bits per heavy atom. The molecule has 140 valence electrons. The highest BCUT2D eigenvalue weighted by atomic mass is 16.5. The van der Waals surface area contributed by atoms with Gasteiger partial charge in [0, 0.05) is 19.6 Å². The van der Waals surface area contributed by atoms with Crippen molar-refractivity contribution in [3.63, 3.8) is 0 Å². The fourth-order valence-corrected chi connectivity index (χ4v) is 2.78. The van der Waals surface area contributed by atoms with Gasteiger partial charge >= 0.3 is 6.03 Å². The second kappa shape index (κ2) is 10.5. The molecule has 0 spiro atoms. The third-order valence-corrected chi connectivity index (χ3v) is 4.43. The molecule has 2 aromatic carbocycles. The van der Waals surface area contributed by atoms with Crippen LogP contribution in [0.25, 0.3) is 0 Å². The number of carbonyl (C=O) groups excluding carboxylic acids is 1. The van der Waals surface area contributed by atoms with Gasteiger partial charge in [0.1, 0.15) is 5.75 Å². The molecule has 0 aromatic heterocycles. The number of hydrogen-bond donors (Lipinski definition) is 2. The number of rotatable bonds is 9. The number of nitrogens with zero attached hydrogens (tertiary/aromatic N) is 1. The number of hydrogen-bond acceptors (Lipinski definition) is 3. The minimum atomic E-state index is -0.175. The highest BCUT2D eigenvalue weighted by molar-refractivity contribution is 5.73. The summed E-state index contributed by atoms with van der Waals surface area (Å²) < 4.78 is 5.20. The van der Waals surface area contributed by atoms with E-state index < -0.39 is 0 Å². The van der Waals surface area contributed by atoms with Crippen molar-refractivity contribution in [2.75, 3.05) is 20.2 Å². The Morgan fingerprint density at radius 1 is 0.962 bits per heavy atom. The van der Waals surface area contributed by atoms with Crippen LogP contribution in [0.15, 0.2) is 48.5 Å². The molecule has 0 bridgehead atoms. The summed E-state index contributed by atoms with van der Waals surface area (Å²) in [6, 6.07) is 15.8. The lowest BCUT2D eigenvalue weighted by Crippen LogP contribution is -2.35. The van der Waals surface area contributed by atoms with Gasteiger partial charge in [-0.05, 0) is 41.9 Å². The Kier molecular flexibility index (Phi) is 7.96. The first-order chi connectivity index (χ1) is 12.7. The maximum atomic E-state index is 12.1. The lowest BCUT2D eigenvalue weighted by Gasteiger charge is -2.20.